The van der Waals surface area contributed by atoms with Crippen LogP contribution in [0.3, 0.4) is 0 Å². The first-order chi connectivity index (χ1) is 14.8. The van der Waals surface area contributed by atoms with Crippen LogP contribution in [0.25, 0.3) is 5.69 Å². The van der Waals surface area contributed by atoms with Gasteiger partial charge in [0.25, 0.3) is 0 Å². The molecule has 0 saturated carbocycles. The van der Waals surface area contributed by atoms with Crippen molar-refractivity contribution in [3.05, 3.63) is 77.1 Å². The normalized spacial score (nSPS) is 15.1. The Hall–Kier alpha value is -2.85. The van der Waals surface area contributed by atoms with Crippen LogP contribution in [0.2, 0.25) is 0 Å². The van der Waals surface area contributed by atoms with E-state index in [0.717, 1.165) is 37.6 Å². The van der Waals surface area contributed by atoms with Gasteiger partial charge in [-0.1, -0.05) is 32.9 Å². The van der Waals surface area contributed by atoms with E-state index in [-0.39, 0.29) is 5.41 Å². The van der Waals surface area contributed by atoms with Gasteiger partial charge in [0, 0.05) is 47.6 Å². The van der Waals surface area contributed by atoms with E-state index in [4.69, 9.17) is 9.73 Å². The predicted octanol–water partition coefficient (Wildman–Crippen LogP) is 5.98. The highest BCUT2D eigenvalue weighted by atomic mass is 16.5. The predicted molar refractivity (Wildman–Crippen MR) is 131 cm³/mol. The highest BCUT2D eigenvalue weighted by Gasteiger charge is 2.15. The lowest BCUT2D eigenvalue weighted by Crippen LogP contribution is -2.36. The molecule has 0 amide bonds. The van der Waals surface area contributed by atoms with Crippen LogP contribution in [-0.2, 0) is 10.2 Å². The minimum Gasteiger partial charge on any atom is -0.378 e. The van der Waals surface area contributed by atoms with E-state index >= 15 is 0 Å². The largest absolute Gasteiger partial charge is 0.378 e. The Bertz CT molecular complexity index is 1050. The van der Waals surface area contributed by atoms with Gasteiger partial charge in [-0.25, -0.2) is 0 Å². The molecule has 0 radical (unpaired) electrons. The van der Waals surface area contributed by atoms with Gasteiger partial charge in [0.2, 0.25) is 0 Å². The number of morpholine rings is 1. The fourth-order valence-electron chi connectivity index (χ4n) is 4.14. The fourth-order valence-corrected chi connectivity index (χ4v) is 4.14. The summed E-state index contributed by atoms with van der Waals surface area (Å²) < 4.78 is 7.74. The molecule has 0 N–H and O–H groups in total. The summed E-state index contributed by atoms with van der Waals surface area (Å²) in [5, 5.41) is 0. The Morgan fingerprint density at radius 2 is 1.48 bits per heavy atom. The minimum absolute atomic E-state index is 0.161. The molecule has 0 bridgehead atoms. The van der Waals surface area contributed by atoms with Crippen molar-refractivity contribution < 1.29 is 4.74 Å². The fraction of sp³-hybridized carbons (Fsp3) is 0.370. The second kappa shape index (κ2) is 8.72. The summed E-state index contributed by atoms with van der Waals surface area (Å²) in [5.74, 6) is 0. The van der Waals surface area contributed by atoms with Crippen molar-refractivity contribution in [2.24, 2.45) is 4.99 Å². The number of rotatable bonds is 4. The van der Waals surface area contributed by atoms with Crippen molar-refractivity contribution in [3.63, 3.8) is 0 Å². The lowest BCUT2D eigenvalue weighted by atomic mass is 9.87. The lowest BCUT2D eigenvalue weighted by molar-refractivity contribution is 0.122. The quantitative estimate of drug-likeness (QED) is 0.491. The SMILES string of the molecule is Cc1cc(C=Nc2ccc(N3CCOCC3)cc2)c(C)n1-c1ccc(C(C)(C)C)cc1. The Morgan fingerprint density at radius 3 is 2.10 bits per heavy atom. The minimum atomic E-state index is 0.161. The number of aliphatic imine (C=N–C) groups is 1. The second-order valence-electron chi connectivity index (χ2n) is 9.33. The third-order valence-corrected chi connectivity index (χ3v) is 6.04. The van der Waals surface area contributed by atoms with Gasteiger partial charge in [-0.15, -0.1) is 0 Å². The summed E-state index contributed by atoms with van der Waals surface area (Å²) in [7, 11) is 0. The summed E-state index contributed by atoms with van der Waals surface area (Å²) in [6.45, 7) is 14.6. The van der Waals surface area contributed by atoms with Crippen LogP contribution < -0.4 is 4.90 Å². The van der Waals surface area contributed by atoms with Crippen molar-refractivity contribution in [1.82, 2.24) is 4.57 Å². The van der Waals surface area contributed by atoms with Crippen molar-refractivity contribution in [2.45, 2.75) is 40.0 Å². The van der Waals surface area contributed by atoms with E-state index in [2.05, 4.69) is 98.7 Å². The number of benzene rings is 2. The van der Waals surface area contributed by atoms with E-state index in [1.54, 1.807) is 0 Å². The molecule has 0 unspecified atom stereocenters. The summed E-state index contributed by atoms with van der Waals surface area (Å²) >= 11 is 0. The van der Waals surface area contributed by atoms with Gasteiger partial charge in [-0.3, -0.25) is 4.99 Å². The average molecular weight is 416 g/mol. The summed E-state index contributed by atoms with van der Waals surface area (Å²) in [5.41, 5.74) is 8.47. The molecule has 1 aromatic heterocycles. The molecule has 4 heteroatoms. The topological polar surface area (TPSA) is 29.8 Å². The molecule has 1 aliphatic heterocycles. The van der Waals surface area contributed by atoms with Crippen LogP contribution in [0.5, 0.6) is 0 Å². The van der Waals surface area contributed by atoms with Crippen molar-refractivity contribution >= 4 is 17.6 Å². The Balaban J connectivity index is 1.52. The van der Waals surface area contributed by atoms with Crippen LogP contribution in [-0.4, -0.2) is 37.1 Å². The monoisotopic (exact) mass is 415 g/mol. The highest BCUT2D eigenvalue weighted by Crippen LogP contribution is 2.26. The number of nitrogens with zero attached hydrogens (tertiary/aromatic N) is 3. The first-order valence-corrected chi connectivity index (χ1v) is 11.1. The van der Waals surface area contributed by atoms with Crippen molar-refractivity contribution in [2.75, 3.05) is 31.2 Å². The zero-order chi connectivity index (χ0) is 22.0. The second-order valence-corrected chi connectivity index (χ2v) is 9.33. The molecule has 162 valence electrons. The van der Waals surface area contributed by atoms with E-state index in [1.807, 2.05) is 6.21 Å². The van der Waals surface area contributed by atoms with Crippen molar-refractivity contribution in [1.29, 1.82) is 0 Å². The van der Waals surface area contributed by atoms with Gasteiger partial charge in [0.05, 0.1) is 18.9 Å². The lowest BCUT2D eigenvalue weighted by Gasteiger charge is -2.28. The Labute approximate surface area is 186 Å². The third kappa shape index (κ3) is 4.75. The molecule has 1 aliphatic rings. The van der Waals surface area contributed by atoms with E-state index in [0.29, 0.717) is 0 Å². The molecule has 0 atom stereocenters. The molecule has 0 aliphatic carbocycles. The van der Waals surface area contributed by atoms with Crippen LogP contribution in [0.1, 0.15) is 43.3 Å². The zero-order valence-corrected chi connectivity index (χ0v) is 19.4. The maximum atomic E-state index is 5.44. The molecule has 2 heterocycles. The Morgan fingerprint density at radius 1 is 0.871 bits per heavy atom. The van der Waals surface area contributed by atoms with Gasteiger partial charge in [-0.05, 0) is 67.3 Å². The van der Waals surface area contributed by atoms with Crippen molar-refractivity contribution in [3.8, 4) is 5.69 Å². The highest BCUT2D eigenvalue weighted by molar-refractivity contribution is 5.84. The molecule has 1 saturated heterocycles. The first kappa shape index (κ1) is 21.4. The maximum absolute atomic E-state index is 5.44. The van der Waals surface area contributed by atoms with E-state index in [1.165, 1.54) is 28.3 Å². The first-order valence-electron chi connectivity index (χ1n) is 11.1. The average Bonchev–Trinajstić information content (AvgIpc) is 3.06. The summed E-state index contributed by atoms with van der Waals surface area (Å²) in [6.07, 6.45) is 1.98. The molecule has 31 heavy (non-hydrogen) atoms. The van der Waals surface area contributed by atoms with Gasteiger partial charge in [-0.2, -0.15) is 0 Å². The van der Waals surface area contributed by atoms with Gasteiger partial charge < -0.3 is 14.2 Å². The summed E-state index contributed by atoms with van der Waals surface area (Å²) in [6, 6.07) is 19.6. The third-order valence-electron chi connectivity index (χ3n) is 6.04. The van der Waals surface area contributed by atoms with Crippen LogP contribution in [0.4, 0.5) is 11.4 Å². The molecular weight excluding hydrogens is 382 g/mol. The molecule has 1 fully saturated rings. The van der Waals surface area contributed by atoms with E-state index in [9.17, 15) is 0 Å². The number of anilines is 1. The number of hydrogen-bond acceptors (Lipinski definition) is 3. The van der Waals surface area contributed by atoms with Crippen LogP contribution >= 0.6 is 0 Å². The standard InChI is InChI=1S/C27H33N3O/c1-20-18-22(21(2)30(20)26-10-6-23(7-11-26)27(3,4)5)19-28-24-8-12-25(13-9-24)29-14-16-31-17-15-29/h6-13,18-19H,14-17H2,1-5H3. The van der Waals surface area contributed by atoms with Crippen LogP contribution in [0, 0.1) is 13.8 Å². The number of hydrogen-bond donors (Lipinski definition) is 0. The Kier molecular flexibility index (Phi) is 6.01. The molecule has 4 nitrogen and oxygen atoms in total. The smallest absolute Gasteiger partial charge is 0.0642 e. The van der Waals surface area contributed by atoms with Gasteiger partial charge in [0.1, 0.15) is 0 Å². The van der Waals surface area contributed by atoms with Gasteiger partial charge in [0.15, 0.2) is 0 Å². The molecule has 2 aromatic carbocycles. The number of aromatic nitrogens is 1. The van der Waals surface area contributed by atoms with Gasteiger partial charge >= 0.3 is 0 Å². The molecule has 4 rings (SSSR count). The molecule has 0 spiro atoms. The molecule has 3 aromatic rings. The number of ether oxygens (including phenoxy) is 1. The van der Waals surface area contributed by atoms with E-state index < -0.39 is 0 Å². The van der Waals surface area contributed by atoms with Crippen LogP contribution in [0.15, 0.2) is 59.6 Å². The summed E-state index contributed by atoms with van der Waals surface area (Å²) in [4.78, 5) is 7.09. The zero-order valence-electron chi connectivity index (χ0n) is 19.4. The maximum Gasteiger partial charge on any atom is 0.0642 e. The molecular formula is C27H33N3O. The number of aryl methyl sites for hydroxylation is 1.